The van der Waals surface area contributed by atoms with Crippen molar-refractivity contribution in [2.45, 2.75) is 9.79 Å². The van der Waals surface area contributed by atoms with E-state index >= 15 is 0 Å². The van der Waals surface area contributed by atoms with Gasteiger partial charge in [0.25, 0.3) is 20.0 Å². The third kappa shape index (κ3) is 8.02. The predicted octanol–water partition coefficient (Wildman–Crippen LogP) is 7.43. The summed E-state index contributed by atoms with van der Waals surface area (Å²) in [5, 5.41) is 16.4. The molecule has 8 rings (SSSR count). The topological polar surface area (TPSA) is 165 Å². The van der Waals surface area contributed by atoms with Crippen molar-refractivity contribution in [3.63, 3.8) is 0 Å². The Bertz CT molecular complexity index is 2870. The van der Waals surface area contributed by atoms with Crippen molar-refractivity contribution in [1.82, 2.24) is 38.8 Å². The van der Waals surface area contributed by atoms with Gasteiger partial charge < -0.3 is 4.74 Å². The van der Waals surface area contributed by atoms with Crippen molar-refractivity contribution < 1.29 is 30.4 Å². The fourth-order valence-electron chi connectivity index (χ4n) is 5.54. The molecular weight excluding hydrogens is 798 g/mol. The molecule has 4 heterocycles. The Morgan fingerprint density at radius 1 is 0.509 bits per heavy atom. The minimum Gasteiger partial charge on any atom is -0.497 e. The van der Waals surface area contributed by atoms with E-state index in [1.54, 1.807) is 48.8 Å². The molecule has 0 N–H and O–H groups in total. The second-order valence-electron chi connectivity index (χ2n) is 11.9. The first-order chi connectivity index (χ1) is 27.5. The molecular formula is C39H27ClF2N8O5S2. The van der Waals surface area contributed by atoms with Crippen LogP contribution in [0.25, 0.3) is 45.0 Å². The van der Waals surface area contributed by atoms with Crippen molar-refractivity contribution in [1.29, 1.82) is 0 Å². The van der Waals surface area contributed by atoms with E-state index in [0.717, 1.165) is 8.17 Å². The van der Waals surface area contributed by atoms with Gasteiger partial charge in [-0.2, -0.15) is 16.8 Å². The molecule has 13 nitrogen and oxygen atoms in total. The number of benzene rings is 4. The van der Waals surface area contributed by atoms with Crippen LogP contribution in [0.15, 0.2) is 156 Å². The zero-order valence-electron chi connectivity index (χ0n) is 29.4. The maximum atomic E-state index is 13.3. The zero-order valence-corrected chi connectivity index (χ0v) is 31.8. The molecule has 0 aliphatic heterocycles. The van der Waals surface area contributed by atoms with E-state index in [9.17, 15) is 25.6 Å². The average Bonchev–Trinajstić information content (AvgIpc) is 3.90. The van der Waals surface area contributed by atoms with Crippen molar-refractivity contribution >= 4 is 31.6 Å². The molecule has 18 heteroatoms. The van der Waals surface area contributed by atoms with Gasteiger partial charge in [-0.05, 0) is 121 Å². The van der Waals surface area contributed by atoms with Crippen LogP contribution in [0.3, 0.4) is 0 Å². The molecule has 8 aromatic rings. The predicted molar refractivity (Wildman–Crippen MR) is 207 cm³/mol. The first-order valence-corrected chi connectivity index (χ1v) is 19.9. The lowest BCUT2D eigenvalue weighted by atomic mass is 10.1. The Balaban J connectivity index is 0.000000174. The maximum absolute atomic E-state index is 13.3. The Kier molecular flexibility index (Phi) is 11.0. The summed E-state index contributed by atoms with van der Waals surface area (Å²) >= 11 is 5.86. The van der Waals surface area contributed by atoms with Crippen LogP contribution in [-0.4, -0.2) is 62.7 Å². The summed E-state index contributed by atoms with van der Waals surface area (Å²) in [6.07, 6.45) is 6.16. The van der Waals surface area contributed by atoms with Crippen molar-refractivity contribution in [2.24, 2.45) is 0 Å². The largest absolute Gasteiger partial charge is 0.497 e. The third-order valence-corrected chi connectivity index (χ3v) is 11.8. The Hall–Kier alpha value is -6.69. The number of pyridine rings is 2. The van der Waals surface area contributed by atoms with Crippen LogP contribution in [0.2, 0.25) is 5.02 Å². The molecule has 4 aromatic carbocycles. The molecule has 0 spiro atoms. The normalized spacial score (nSPS) is 11.4. The highest BCUT2D eigenvalue weighted by Crippen LogP contribution is 2.34. The molecule has 4 aromatic heterocycles. The lowest BCUT2D eigenvalue weighted by Gasteiger charge is -2.10. The summed E-state index contributed by atoms with van der Waals surface area (Å²) < 4.78 is 86.4. The van der Waals surface area contributed by atoms with Gasteiger partial charge in [0.15, 0.2) is 0 Å². The quantitative estimate of drug-likeness (QED) is 0.142. The molecule has 0 fully saturated rings. The molecule has 0 bridgehead atoms. The number of aromatic nitrogens is 8. The summed E-state index contributed by atoms with van der Waals surface area (Å²) in [4.78, 5) is 7.99. The van der Waals surface area contributed by atoms with Crippen LogP contribution in [0.4, 0.5) is 8.78 Å². The molecule has 0 amide bonds. The number of hydrogen-bond donors (Lipinski definition) is 0. The first-order valence-electron chi connectivity index (χ1n) is 16.6. The second-order valence-corrected chi connectivity index (χ2v) is 15.9. The lowest BCUT2D eigenvalue weighted by molar-refractivity contribution is 0.414. The standard InChI is InChI=1S/C20H15FN4O3S.C19H12ClFN4O2S/c1-28-17-6-8-18(9-7-17)29(26,27)25-20(15-10-12-22-13-11-15)19(23-24-25)14-2-4-16(21)5-3-14;20-15-3-7-17(8-4-15)28(26,27)25-19(14-9-11-22-12-10-14)18(23-24-25)13-1-5-16(21)6-2-13/h2-13H,1H3;1-12H. The summed E-state index contributed by atoms with van der Waals surface area (Å²) in [5.41, 5.74) is 3.31. The SMILES string of the molecule is COc1ccc(S(=O)(=O)n2nnc(-c3ccc(F)cc3)c2-c2ccncc2)cc1.O=S(=O)(c1ccc(Cl)cc1)n1nnc(-c2ccc(F)cc2)c1-c1ccncc1. The molecule has 0 atom stereocenters. The van der Waals surface area contributed by atoms with E-state index in [1.807, 2.05) is 0 Å². The Morgan fingerprint density at radius 3 is 1.25 bits per heavy atom. The van der Waals surface area contributed by atoms with Gasteiger partial charge in [0, 0.05) is 52.1 Å². The molecule has 0 unspecified atom stereocenters. The van der Waals surface area contributed by atoms with Crippen molar-refractivity contribution in [3.8, 4) is 50.8 Å². The van der Waals surface area contributed by atoms with Gasteiger partial charge in [0.2, 0.25) is 0 Å². The van der Waals surface area contributed by atoms with Crippen LogP contribution in [0, 0.1) is 11.6 Å². The molecule has 0 saturated carbocycles. The summed E-state index contributed by atoms with van der Waals surface area (Å²) in [6, 6.07) is 29.5. The third-order valence-electron chi connectivity index (χ3n) is 8.35. The van der Waals surface area contributed by atoms with Gasteiger partial charge in [-0.15, -0.1) is 18.4 Å². The Labute approximate surface area is 330 Å². The van der Waals surface area contributed by atoms with Crippen LogP contribution in [0.1, 0.15) is 0 Å². The second kappa shape index (κ2) is 16.2. The van der Waals surface area contributed by atoms with E-state index < -0.39 is 31.7 Å². The van der Waals surface area contributed by atoms with Gasteiger partial charge in [-0.3, -0.25) is 9.97 Å². The van der Waals surface area contributed by atoms with Crippen molar-refractivity contribution in [3.05, 3.63) is 163 Å². The van der Waals surface area contributed by atoms with E-state index in [-0.39, 0.29) is 21.2 Å². The minimum atomic E-state index is -4.05. The zero-order chi connectivity index (χ0) is 40.2. The van der Waals surface area contributed by atoms with E-state index in [0.29, 0.717) is 44.4 Å². The first kappa shape index (κ1) is 38.6. The number of rotatable bonds is 9. The molecule has 0 aliphatic carbocycles. The van der Waals surface area contributed by atoms with Gasteiger partial charge in [0.1, 0.15) is 40.2 Å². The lowest BCUT2D eigenvalue weighted by Crippen LogP contribution is -2.16. The van der Waals surface area contributed by atoms with Crippen LogP contribution >= 0.6 is 11.6 Å². The van der Waals surface area contributed by atoms with Gasteiger partial charge in [-0.1, -0.05) is 22.0 Å². The Morgan fingerprint density at radius 2 is 0.877 bits per heavy atom. The molecule has 0 aliphatic rings. The summed E-state index contributed by atoms with van der Waals surface area (Å²) in [6.45, 7) is 0. The molecule has 286 valence electrons. The van der Waals surface area contributed by atoms with Gasteiger partial charge in [-0.25, -0.2) is 8.78 Å². The van der Waals surface area contributed by atoms with Gasteiger partial charge in [0.05, 0.1) is 16.9 Å². The summed E-state index contributed by atoms with van der Waals surface area (Å²) in [7, 11) is -6.59. The molecule has 57 heavy (non-hydrogen) atoms. The number of ether oxygens (including phenoxy) is 1. The fourth-order valence-corrected chi connectivity index (χ4v) is 8.16. The molecule has 0 radical (unpaired) electrons. The van der Waals surface area contributed by atoms with Crippen LogP contribution in [-0.2, 0) is 20.0 Å². The summed E-state index contributed by atoms with van der Waals surface area (Å²) in [5.74, 6) is -0.281. The smallest absolute Gasteiger partial charge is 0.284 e. The minimum absolute atomic E-state index is 0.0164. The van der Waals surface area contributed by atoms with E-state index in [1.165, 1.54) is 104 Å². The highest BCUT2D eigenvalue weighted by atomic mass is 35.5. The van der Waals surface area contributed by atoms with Gasteiger partial charge >= 0.3 is 0 Å². The average molecular weight is 825 g/mol. The van der Waals surface area contributed by atoms with E-state index in [2.05, 4.69) is 30.6 Å². The number of halogens is 3. The van der Waals surface area contributed by atoms with Crippen LogP contribution in [0.5, 0.6) is 5.75 Å². The number of nitrogens with zero attached hydrogens (tertiary/aromatic N) is 8. The highest BCUT2D eigenvalue weighted by Gasteiger charge is 2.28. The number of methoxy groups -OCH3 is 1. The van der Waals surface area contributed by atoms with Crippen LogP contribution < -0.4 is 4.74 Å². The fraction of sp³-hybridized carbons (Fsp3) is 0.0256. The highest BCUT2D eigenvalue weighted by molar-refractivity contribution is 7.90. The van der Waals surface area contributed by atoms with E-state index in [4.69, 9.17) is 16.3 Å². The maximum Gasteiger partial charge on any atom is 0.284 e. The van der Waals surface area contributed by atoms with Crippen molar-refractivity contribution in [2.75, 3.05) is 7.11 Å². The number of hydrogen-bond acceptors (Lipinski definition) is 11. The molecule has 0 saturated heterocycles. The monoisotopic (exact) mass is 824 g/mol.